The maximum Gasteiger partial charge on any atom is 0.0704 e. The quantitative estimate of drug-likeness (QED) is 0.744. The van der Waals surface area contributed by atoms with E-state index in [1.54, 1.807) is 0 Å². The van der Waals surface area contributed by atoms with E-state index in [2.05, 4.69) is 44.9 Å². The summed E-state index contributed by atoms with van der Waals surface area (Å²) in [6.45, 7) is 5.38. The van der Waals surface area contributed by atoms with Gasteiger partial charge in [-0.05, 0) is 41.6 Å². The monoisotopic (exact) mass is 319 g/mol. The van der Waals surface area contributed by atoms with Crippen molar-refractivity contribution in [1.29, 1.82) is 0 Å². The lowest BCUT2D eigenvalue weighted by molar-refractivity contribution is 0.523. The molecule has 3 nitrogen and oxygen atoms in total. The van der Waals surface area contributed by atoms with Gasteiger partial charge in [0.05, 0.1) is 22.4 Å². The summed E-state index contributed by atoms with van der Waals surface area (Å²) < 4.78 is 3.22. The standard InChI is InChI=1S/C12H22BrN3S/c1-4-6-16-12(10(13)8-15-16)11(14-3)9-17-7-5-2/h8,11,14H,4-7,9H2,1-3H3. The zero-order valence-corrected chi connectivity index (χ0v) is 13.3. The highest BCUT2D eigenvalue weighted by Gasteiger charge is 2.18. The Labute approximate surface area is 117 Å². The summed E-state index contributed by atoms with van der Waals surface area (Å²) in [4.78, 5) is 0. The highest BCUT2D eigenvalue weighted by atomic mass is 79.9. The number of thioether (sulfide) groups is 1. The van der Waals surface area contributed by atoms with Crippen molar-refractivity contribution in [3.63, 3.8) is 0 Å². The van der Waals surface area contributed by atoms with Crippen LogP contribution in [0.1, 0.15) is 38.4 Å². The number of rotatable bonds is 8. The highest BCUT2D eigenvalue weighted by Crippen LogP contribution is 2.26. The third-order valence-electron chi connectivity index (χ3n) is 2.58. The fraction of sp³-hybridized carbons (Fsp3) is 0.750. The lowest BCUT2D eigenvalue weighted by Gasteiger charge is -2.18. The molecule has 1 heterocycles. The number of nitrogens with zero attached hydrogens (tertiary/aromatic N) is 2. The van der Waals surface area contributed by atoms with Gasteiger partial charge < -0.3 is 5.32 Å². The molecule has 0 amide bonds. The van der Waals surface area contributed by atoms with Crippen molar-refractivity contribution < 1.29 is 0 Å². The van der Waals surface area contributed by atoms with Gasteiger partial charge in [-0.15, -0.1) is 0 Å². The predicted octanol–water partition coefficient (Wildman–Crippen LogP) is 3.46. The lowest BCUT2D eigenvalue weighted by Crippen LogP contribution is -2.23. The molecule has 0 fully saturated rings. The van der Waals surface area contributed by atoms with Crippen molar-refractivity contribution in [3.8, 4) is 0 Å². The first kappa shape index (κ1) is 15.1. The Morgan fingerprint density at radius 3 is 2.82 bits per heavy atom. The summed E-state index contributed by atoms with van der Waals surface area (Å²) in [5.74, 6) is 2.32. The van der Waals surface area contributed by atoms with Crippen LogP contribution in [0.25, 0.3) is 0 Å². The Kier molecular flexibility index (Phi) is 7.23. The average Bonchev–Trinajstić information content (AvgIpc) is 2.68. The molecule has 0 bridgehead atoms. The molecule has 1 aromatic heterocycles. The summed E-state index contributed by atoms with van der Waals surface area (Å²) in [5.41, 5.74) is 1.28. The third-order valence-corrected chi connectivity index (χ3v) is 4.46. The summed E-state index contributed by atoms with van der Waals surface area (Å²) in [7, 11) is 2.02. The van der Waals surface area contributed by atoms with Gasteiger partial charge in [-0.3, -0.25) is 4.68 Å². The van der Waals surface area contributed by atoms with Gasteiger partial charge in [-0.2, -0.15) is 16.9 Å². The van der Waals surface area contributed by atoms with Gasteiger partial charge in [0.15, 0.2) is 0 Å². The second kappa shape index (κ2) is 8.16. The fourth-order valence-electron chi connectivity index (χ4n) is 1.75. The predicted molar refractivity (Wildman–Crippen MR) is 79.6 cm³/mol. The van der Waals surface area contributed by atoms with Crippen LogP contribution in [0.3, 0.4) is 0 Å². The molecule has 1 rings (SSSR count). The number of nitrogens with one attached hydrogen (secondary N) is 1. The van der Waals surface area contributed by atoms with E-state index >= 15 is 0 Å². The largest absolute Gasteiger partial charge is 0.311 e. The van der Waals surface area contributed by atoms with Crippen molar-refractivity contribution in [2.24, 2.45) is 0 Å². The Morgan fingerprint density at radius 2 is 2.24 bits per heavy atom. The molecule has 0 aliphatic heterocycles. The molecule has 0 radical (unpaired) electrons. The maximum absolute atomic E-state index is 4.42. The maximum atomic E-state index is 4.42. The minimum atomic E-state index is 0.370. The zero-order valence-electron chi connectivity index (χ0n) is 10.9. The first-order valence-corrected chi connectivity index (χ1v) is 8.15. The van der Waals surface area contributed by atoms with Crippen molar-refractivity contribution in [3.05, 3.63) is 16.4 Å². The first-order chi connectivity index (χ1) is 8.24. The normalized spacial score (nSPS) is 12.9. The van der Waals surface area contributed by atoms with E-state index in [9.17, 15) is 0 Å². The van der Waals surface area contributed by atoms with Gasteiger partial charge in [0.2, 0.25) is 0 Å². The molecule has 0 aliphatic rings. The van der Waals surface area contributed by atoms with Crippen LogP contribution in [0.4, 0.5) is 0 Å². The second-order valence-corrected chi connectivity index (χ2v) is 6.02. The Balaban J connectivity index is 2.75. The number of hydrogen-bond donors (Lipinski definition) is 1. The molecular formula is C12H22BrN3S. The van der Waals surface area contributed by atoms with Crippen molar-refractivity contribution in [1.82, 2.24) is 15.1 Å². The second-order valence-electron chi connectivity index (χ2n) is 4.02. The third kappa shape index (κ3) is 4.30. The Morgan fingerprint density at radius 1 is 1.47 bits per heavy atom. The Hall–Kier alpha value is 0. The van der Waals surface area contributed by atoms with Crippen LogP contribution in [0.5, 0.6) is 0 Å². The van der Waals surface area contributed by atoms with E-state index in [-0.39, 0.29) is 0 Å². The number of aryl methyl sites for hydroxylation is 1. The summed E-state index contributed by atoms with van der Waals surface area (Å²) in [5, 5.41) is 7.81. The molecule has 1 N–H and O–H groups in total. The zero-order chi connectivity index (χ0) is 12.7. The van der Waals surface area contributed by atoms with Crippen LogP contribution >= 0.6 is 27.7 Å². The van der Waals surface area contributed by atoms with Gasteiger partial charge in [0, 0.05) is 12.3 Å². The minimum Gasteiger partial charge on any atom is -0.311 e. The summed E-state index contributed by atoms with van der Waals surface area (Å²) in [6.07, 6.45) is 4.25. The molecule has 17 heavy (non-hydrogen) atoms. The molecule has 0 aromatic carbocycles. The van der Waals surface area contributed by atoms with Crippen molar-refractivity contribution in [2.75, 3.05) is 18.6 Å². The topological polar surface area (TPSA) is 29.9 Å². The molecule has 5 heteroatoms. The van der Waals surface area contributed by atoms with Gasteiger partial charge in [-0.1, -0.05) is 13.8 Å². The molecule has 0 saturated heterocycles. The molecule has 1 unspecified atom stereocenters. The molecule has 1 atom stereocenters. The number of hydrogen-bond acceptors (Lipinski definition) is 3. The molecular weight excluding hydrogens is 298 g/mol. The van der Waals surface area contributed by atoms with Crippen LogP contribution in [-0.4, -0.2) is 28.3 Å². The van der Waals surface area contributed by atoms with Gasteiger partial charge in [0.1, 0.15) is 0 Å². The first-order valence-electron chi connectivity index (χ1n) is 6.20. The molecule has 0 saturated carbocycles. The number of aromatic nitrogens is 2. The van der Waals surface area contributed by atoms with Crippen LogP contribution in [0.2, 0.25) is 0 Å². The lowest BCUT2D eigenvalue weighted by atomic mass is 10.2. The van der Waals surface area contributed by atoms with Gasteiger partial charge in [0.25, 0.3) is 0 Å². The van der Waals surface area contributed by atoms with E-state index in [1.807, 2.05) is 25.0 Å². The van der Waals surface area contributed by atoms with Crippen LogP contribution in [0.15, 0.2) is 10.7 Å². The van der Waals surface area contributed by atoms with E-state index in [0.717, 1.165) is 23.2 Å². The smallest absolute Gasteiger partial charge is 0.0704 e. The van der Waals surface area contributed by atoms with Crippen LogP contribution in [-0.2, 0) is 6.54 Å². The van der Waals surface area contributed by atoms with E-state index in [4.69, 9.17) is 0 Å². The van der Waals surface area contributed by atoms with E-state index < -0.39 is 0 Å². The molecule has 0 aliphatic carbocycles. The van der Waals surface area contributed by atoms with Gasteiger partial charge >= 0.3 is 0 Å². The average molecular weight is 320 g/mol. The van der Waals surface area contributed by atoms with Crippen molar-refractivity contribution >= 4 is 27.7 Å². The highest BCUT2D eigenvalue weighted by molar-refractivity contribution is 9.10. The minimum absolute atomic E-state index is 0.370. The van der Waals surface area contributed by atoms with Crippen molar-refractivity contribution in [2.45, 2.75) is 39.3 Å². The molecule has 0 spiro atoms. The fourth-order valence-corrected chi connectivity index (χ4v) is 3.34. The number of halogens is 1. The Bertz CT molecular complexity index is 328. The van der Waals surface area contributed by atoms with E-state index in [1.165, 1.54) is 17.9 Å². The van der Waals surface area contributed by atoms with Crippen LogP contribution < -0.4 is 5.32 Å². The van der Waals surface area contributed by atoms with E-state index in [0.29, 0.717) is 6.04 Å². The van der Waals surface area contributed by atoms with Crippen LogP contribution in [0, 0.1) is 0 Å². The summed E-state index contributed by atoms with van der Waals surface area (Å²) in [6, 6.07) is 0.370. The summed E-state index contributed by atoms with van der Waals surface area (Å²) >= 11 is 5.60. The van der Waals surface area contributed by atoms with Gasteiger partial charge in [-0.25, -0.2) is 0 Å². The SMILES string of the molecule is CCCSCC(NC)c1c(Br)cnn1CCC. The molecule has 1 aromatic rings. The molecule has 98 valence electrons.